The van der Waals surface area contributed by atoms with Crippen LogP contribution in [0.3, 0.4) is 0 Å². The van der Waals surface area contributed by atoms with Crippen LogP contribution in [-0.2, 0) is 11.3 Å². The van der Waals surface area contributed by atoms with Gasteiger partial charge in [-0.25, -0.2) is 4.39 Å². The molecule has 4 rings (SSSR count). The molecule has 1 amide bonds. The molecule has 0 bridgehead atoms. The number of hydrogen-bond acceptors (Lipinski definition) is 5. The van der Waals surface area contributed by atoms with E-state index >= 15 is 0 Å². The quantitative estimate of drug-likeness (QED) is 0.691. The molecule has 27 heavy (non-hydrogen) atoms. The molecule has 2 heterocycles. The van der Waals surface area contributed by atoms with Gasteiger partial charge in [-0.1, -0.05) is 29.4 Å². The van der Waals surface area contributed by atoms with E-state index in [4.69, 9.17) is 9.26 Å². The number of carbonyl (C=O) groups is 1. The van der Waals surface area contributed by atoms with Crippen molar-refractivity contribution in [3.63, 3.8) is 0 Å². The van der Waals surface area contributed by atoms with Gasteiger partial charge in [0.1, 0.15) is 11.6 Å². The predicted molar refractivity (Wildman–Crippen MR) is 95.5 cm³/mol. The van der Waals surface area contributed by atoms with E-state index in [2.05, 4.69) is 10.1 Å². The van der Waals surface area contributed by atoms with E-state index in [1.54, 1.807) is 24.1 Å². The number of methoxy groups -OCH3 is 1. The number of likely N-dealkylation sites (tertiary alicyclic amines) is 1. The van der Waals surface area contributed by atoms with Crippen molar-refractivity contribution in [3.05, 3.63) is 65.8 Å². The minimum absolute atomic E-state index is 0.0189. The van der Waals surface area contributed by atoms with Crippen molar-refractivity contribution in [2.24, 2.45) is 0 Å². The van der Waals surface area contributed by atoms with Crippen molar-refractivity contribution in [1.29, 1.82) is 0 Å². The Bertz CT molecular complexity index is 955. The molecule has 1 aromatic heterocycles. The number of carbonyl (C=O) groups excluding carboxylic acids is 1. The SMILES string of the molecule is COc1cccc(-c2noc(C3CC(=O)N(Cc4ccc(F)cc4)C3)n2)c1. The van der Waals surface area contributed by atoms with Gasteiger partial charge in [-0.2, -0.15) is 4.98 Å². The van der Waals surface area contributed by atoms with Crippen molar-refractivity contribution < 1.29 is 18.4 Å². The largest absolute Gasteiger partial charge is 0.497 e. The maximum atomic E-state index is 13.0. The molecule has 0 spiro atoms. The molecule has 7 heteroatoms. The zero-order valence-electron chi connectivity index (χ0n) is 14.8. The van der Waals surface area contributed by atoms with Gasteiger partial charge in [-0.15, -0.1) is 0 Å². The van der Waals surface area contributed by atoms with E-state index in [0.717, 1.165) is 11.1 Å². The lowest BCUT2D eigenvalue weighted by Gasteiger charge is -2.15. The number of aromatic nitrogens is 2. The third-order valence-electron chi connectivity index (χ3n) is 4.62. The van der Waals surface area contributed by atoms with E-state index in [-0.39, 0.29) is 17.6 Å². The van der Waals surface area contributed by atoms with Crippen LogP contribution in [0.2, 0.25) is 0 Å². The summed E-state index contributed by atoms with van der Waals surface area (Å²) in [5.74, 6) is 1.20. The second kappa shape index (κ2) is 7.19. The van der Waals surface area contributed by atoms with Gasteiger partial charge in [0.25, 0.3) is 0 Å². The summed E-state index contributed by atoms with van der Waals surface area (Å²) in [4.78, 5) is 18.5. The van der Waals surface area contributed by atoms with Crippen LogP contribution in [-0.4, -0.2) is 34.6 Å². The normalized spacial score (nSPS) is 16.7. The summed E-state index contributed by atoms with van der Waals surface area (Å²) >= 11 is 0. The second-order valence-corrected chi connectivity index (χ2v) is 6.49. The van der Waals surface area contributed by atoms with Crippen LogP contribution in [0.25, 0.3) is 11.4 Å². The molecule has 0 N–H and O–H groups in total. The molecule has 138 valence electrons. The van der Waals surface area contributed by atoms with Gasteiger partial charge in [-0.3, -0.25) is 4.79 Å². The summed E-state index contributed by atoms with van der Waals surface area (Å²) < 4.78 is 23.7. The number of benzene rings is 2. The molecule has 6 nitrogen and oxygen atoms in total. The average molecular weight is 367 g/mol. The molecular weight excluding hydrogens is 349 g/mol. The second-order valence-electron chi connectivity index (χ2n) is 6.49. The average Bonchev–Trinajstić information content (AvgIpc) is 3.31. The third kappa shape index (κ3) is 3.67. The Labute approximate surface area is 155 Å². The number of nitrogens with zero attached hydrogens (tertiary/aromatic N) is 3. The maximum Gasteiger partial charge on any atom is 0.232 e. The molecule has 1 atom stereocenters. The van der Waals surface area contributed by atoms with Gasteiger partial charge in [0.05, 0.1) is 13.0 Å². The number of rotatable bonds is 5. The first-order valence-corrected chi connectivity index (χ1v) is 8.62. The zero-order valence-corrected chi connectivity index (χ0v) is 14.8. The standard InChI is InChI=1S/C20H18FN3O3/c1-26-17-4-2-3-14(9-17)19-22-20(27-23-19)15-10-18(25)24(12-15)11-13-5-7-16(21)8-6-13/h2-9,15H,10-12H2,1H3. The van der Waals surface area contributed by atoms with E-state index in [1.165, 1.54) is 12.1 Å². The molecular formula is C20H18FN3O3. The molecule has 0 radical (unpaired) electrons. The van der Waals surface area contributed by atoms with Crippen LogP contribution in [0.15, 0.2) is 53.1 Å². The van der Waals surface area contributed by atoms with Crippen molar-refractivity contribution in [1.82, 2.24) is 15.0 Å². The summed E-state index contributed by atoms with van der Waals surface area (Å²) in [5, 5.41) is 4.04. The Morgan fingerprint density at radius 1 is 1.26 bits per heavy atom. The van der Waals surface area contributed by atoms with Gasteiger partial charge < -0.3 is 14.2 Å². The minimum atomic E-state index is -0.291. The fourth-order valence-electron chi connectivity index (χ4n) is 3.18. The van der Waals surface area contributed by atoms with Crippen molar-refractivity contribution >= 4 is 5.91 Å². The van der Waals surface area contributed by atoms with E-state index in [1.807, 2.05) is 24.3 Å². The molecule has 2 aromatic carbocycles. The zero-order chi connectivity index (χ0) is 18.8. The highest BCUT2D eigenvalue weighted by molar-refractivity contribution is 5.79. The number of amides is 1. The lowest BCUT2D eigenvalue weighted by molar-refractivity contribution is -0.128. The molecule has 1 aliphatic heterocycles. The van der Waals surface area contributed by atoms with Gasteiger partial charge in [0.15, 0.2) is 0 Å². The number of halogens is 1. The molecule has 1 aliphatic rings. The van der Waals surface area contributed by atoms with Crippen LogP contribution in [0.1, 0.15) is 23.8 Å². The van der Waals surface area contributed by atoms with E-state index < -0.39 is 0 Å². The predicted octanol–water partition coefficient (Wildman–Crippen LogP) is 3.40. The highest BCUT2D eigenvalue weighted by atomic mass is 19.1. The summed E-state index contributed by atoms with van der Waals surface area (Å²) in [5.41, 5.74) is 1.67. The molecule has 3 aromatic rings. The van der Waals surface area contributed by atoms with Crippen LogP contribution in [0.4, 0.5) is 4.39 Å². The Hall–Kier alpha value is -3.22. The lowest BCUT2D eigenvalue weighted by Crippen LogP contribution is -2.24. The fourth-order valence-corrected chi connectivity index (χ4v) is 3.18. The van der Waals surface area contributed by atoms with Gasteiger partial charge in [-0.05, 0) is 29.8 Å². The Morgan fingerprint density at radius 2 is 2.07 bits per heavy atom. The Morgan fingerprint density at radius 3 is 2.85 bits per heavy atom. The monoisotopic (exact) mass is 367 g/mol. The van der Waals surface area contributed by atoms with Crippen molar-refractivity contribution in [2.75, 3.05) is 13.7 Å². The maximum absolute atomic E-state index is 13.0. The first-order valence-electron chi connectivity index (χ1n) is 8.62. The van der Waals surface area contributed by atoms with Gasteiger partial charge >= 0.3 is 0 Å². The summed E-state index contributed by atoms with van der Waals surface area (Å²) in [6, 6.07) is 13.6. The van der Waals surface area contributed by atoms with Gasteiger partial charge in [0, 0.05) is 25.1 Å². The van der Waals surface area contributed by atoms with Crippen molar-refractivity contribution in [3.8, 4) is 17.1 Å². The van der Waals surface area contributed by atoms with Crippen LogP contribution >= 0.6 is 0 Å². The van der Waals surface area contributed by atoms with E-state index in [9.17, 15) is 9.18 Å². The van der Waals surface area contributed by atoms with Gasteiger partial charge in [0.2, 0.25) is 17.6 Å². The summed E-state index contributed by atoms with van der Waals surface area (Å²) in [6.07, 6.45) is 0.320. The first kappa shape index (κ1) is 17.2. The third-order valence-corrected chi connectivity index (χ3v) is 4.62. The first-order chi connectivity index (χ1) is 13.1. The fraction of sp³-hybridized carbons (Fsp3) is 0.250. The molecule has 1 unspecified atom stereocenters. The topological polar surface area (TPSA) is 68.5 Å². The summed E-state index contributed by atoms with van der Waals surface area (Å²) in [6.45, 7) is 0.933. The number of ether oxygens (including phenoxy) is 1. The Balaban J connectivity index is 1.47. The highest BCUT2D eigenvalue weighted by Crippen LogP contribution is 2.30. The van der Waals surface area contributed by atoms with Crippen LogP contribution in [0, 0.1) is 5.82 Å². The molecule has 0 aliphatic carbocycles. The lowest BCUT2D eigenvalue weighted by atomic mass is 10.1. The van der Waals surface area contributed by atoms with Crippen LogP contribution in [0.5, 0.6) is 5.75 Å². The summed E-state index contributed by atoms with van der Waals surface area (Å²) in [7, 11) is 1.60. The number of hydrogen-bond donors (Lipinski definition) is 0. The van der Waals surface area contributed by atoms with Crippen molar-refractivity contribution in [2.45, 2.75) is 18.9 Å². The van der Waals surface area contributed by atoms with E-state index in [0.29, 0.717) is 37.0 Å². The minimum Gasteiger partial charge on any atom is -0.497 e. The highest BCUT2D eigenvalue weighted by Gasteiger charge is 2.34. The smallest absolute Gasteiger partial charge is 0.232 e. The van der Waals surface area contributed by atoms with Crippen LogP contribution < -0.4 is 4.74 Å². The molecule has 1 fully saturated rings. The molecule has 1 saturated heterocycles. The Kier molecular flexibility index (Phi) is 4.58. The molecule has 0 saturated carbocycles.